The predicted molar refractivity (Wildman–Crippen MR) is 179 cm³/mol. The van der Waals surface area contributed by atoms with E-state index in [0.717, 1.165) is 30.4 Å². The zero-order chi connectivity index (χ0) is 28.9. The van der Waals surface area contributed by atoms with Crippen molar-refractivity contribution in [3.63, 3.8) is 0 Å². The van der Waals surface area contributed by atoms with Crippen LogP contribution in [0.5, 0.6) is 5.75 Å². The fraction of sp³-hybridized carbons (Fsp3) is 0.846. The third kappa shape index (κ3) is 20.8. The molecule has 1 aromatic rings. The van der Waals surface area contributed by atoms with E-state index in [1.807, 2.05) is 0 Å². The molecule has 0 atom stereocenters. The summed E-state index contributed by atoms with van der Waals surface area (Å²) < 4.78 is 0. The Morgan fingerprint density at radius 1 is 0.350 bits per heavy atom. The van der Waals surface area contributed by atoms with Gasteiger partial charge in [0.25, 0.3) is 0 Å². The molecule has 0 saturated heterocycles. The molecule has 0 aliphatic heterocycles. The lowest BCUT2D eigenvalue weighted by molar-refractivity contribution is 0.343. The van der Waals surface area contributed by atoms with Gasteiger partial charge in [-0.25, -0.2) is 0 Å². The lowest BCUT2D eigenvalue weighted by atomic mass is 9.93. The van der Waals surface area contributed by atoms with E-state index < -0.39 is 0 Å². The maximum atomic E-state index is 13.4. The predicted octanol–water partition coefficient (Wildman–Crippen LogP) is 14.1. The second kappa shape index (κ2) is 28.2. The first-order valence-electron chi connectivity index (χ1n) is 18.5. The molecule has 0 unspecified atom stereocenters. The quantitative estimate of drug-likeness (QED) is 0.0841. The molecular formula is C39H71O. The molecule has 0 saturated carbocycles. The van der Waals surface area contributed by atoms with Crippen LogP contribution in [0.4, 0.5) is 0 Å². The smallest absolute Gasteiger partial charge is 0.185 e. The van der Waals surface area contributed by atoms with Crippen molar-refractivity contribution in [1.29, 1.82) is 0 Å². The van der Waals surface area contributed by atoms with Crippen LogP contribution < -0.4 is 0 Å². The van der Waals surface area contributed by atoms with Crippen LogP contribution in [-0.4, -0.2) is 0 Å². The topological polar surface area (TPSA) is 19.9 Å². The molecule has 0 spiro atoms. The Bertz CT molecular complexity index is 618. The largest absolute Gasteiger partial charge is 0.289 e. The van der Waals surface area contributed by atoms with E-state index in [-0.39, 0.29) is 0 Å². The highest BCUT2D eigenvalue weighted by Gasteiger charge is 2.12. The van der Waals surface area contributed by atoms with E-state index in [2.05, 4.69) is 32.9 Å². The van der Waals surface area contributed by atoms with Gasteiger partial charge in [0, 0.05) is 11.1 Å². The van der Waals surface area contributed by atoms with Gasteiger partial charge in [-0.1, -0.05) is 187 Å². The maximum absolute atomic E-state index is 13.4. The molecule has 1 nitrogen and oxygen atoms in total. The van der Waals surface area contributed by atoms with E-state index in [0.29, 0.717) is 5.75 Å². The van der Waals surface area contributed by atoms with Crippen molar-refractivity contribution >= 4 is 0 Å². The van der Waals surface area contributed by atoms with Crippen molar-refractivity contribution in [2.45, 2.75) is 213 Å². The highest BCUT2D eigenvalue weighted by molar-refractivity contribution is 5.44. The summed E-state index contributed by atoms with van der Waals surface area (Å²) in [4.78, 5) is 0. The summed E-state index contributed by atoms with van der Waals surface area (Å²) in [5.74, 6) is 0.384. The van der Waals surface area contributed by atoms with Crippen molar-refractivity contribution in [3.8, 4) is 5.75 Å². The molecule has 1 heteroatoms. The van der Waals surface area contributed by atoms with E-state index in [4.69, 9.17) is 0 Å². The minimum atomic E-state index is 0.384. The zero-order valence-corrected chi connectivity index (χ0v) is 27.8. The molecule has 233 valence electrons. The maximum Gasteiger partial charge on any atom is 0.185 e. The Morgan fingerprint density at radius 3 is 0.900 bits per heavy atom. The van der Waals surface area contributed by atoms with Crippen LogP contribution in [0.1, 0.15) is 211 Å². The number of hydrogen-bond acceptors (Lipinski definition) is 0. The summed E-state index contributed by atoms with van der Waals surface area (Å²) in [7, 11) is 0. The molecule has 40 heavy (non-hydrogen) atoms. The van der Waals surface area contributed by atoms with Crippen LogP contribution in [0.15, 0.2) is 12.1 Å². The van der Waals surface area contributed by atoms with Gasteiger partial charge in [-0.05, 0) is 44.1 Å². The van der Waals surface area contributed by atoms with Crippen molar-refractivity contribution in [2.24, 2.45) is 0 Å². The fourth-order valence-electron chi connectivity index (χ4n) is 6.23. The molecule has 0 fully saturated rings. The number of hydrogen-bond donors (Lipinski definition) is 0. The van der Waals surface area contributed by atoms with Gasteiger partial charge in [0.2, 0.25) is 0 Å². The summed E-state index contributed by atoms with van der Waals surface area (Å²) >= 11 is 0. The van der Waals surface area contributed by atoms with E-state index in [1.165, 1.54) is 179 Å². The van der Waals surface area contributed by atoms with E-state index in [1.54, 1.807) is 0 Å². The highest BCUT2D eigenvalue weighted by Crippen LogP contribution is 2.30. The van der Waals surface area contributed by atoms with Crippen LogP contribution in [0.3, 0.4) is 0 Å². The Labute approximate surface area is 252 Å². The Morgan fingerprint density at radius 2 is 0.600 bits per heavy atom. The van der Waals surface area contributed by atoms with Gasteiger partial charge in [0.05, 0.1) is 0 Å². The SMILES string of the molecule is CCCCCCCCCCCCc1cc(CCCCCCCCC)cc(CCCCCCCCCCCC)c1[O]. The minimum absolute atomic E-state index is 0.384. The van der Waals surface area contributed by atoms with Crippen LogP contribution in [0, 0.1) is 0 Å². The minimum Gasteiger partial charge on any atom is -0.289 e. The first-order valence-corrected chi connectivity index (χ1v) is 18.5. The van der Waals surface area contributed by atoms with Gasteiger partial charge in [-0.15, -0.1) is 0 Å². The molecule has 1 radical (unpaired) electrons. The van der Waals surface area contributed by atoms with Gasteiger partial charge < -0.3 is 0 Å². The van der Waals surface area contributed by atoms with Crippen molar-refractivity contribution in [3.05, 3.63) is 28.8 Å². The van der Waals surface area contributed by atoms with Crippen LogP contribution in [0.25, 0.3) is 0 Å². The third-order valence-electron chi connectivity index (χ3n) is 8.97. The first-order chi connectivity index (χ1) is 19.7. The summed E-state index contributed by atoms with van der Waals surface area (Å²) in [6.45, 7) is 6.87. The molecule has 0 N–H and O–H groups in total. The van der Waals surface area contributed by atoms with Crippen LogP contribution in [0.2, 0.25) is 0 Å². The zero-order valence-electron chi connectivity index (χ0n) is 27.8. The van der Waals surface area contributed by atoms with Crippen molar-refractivity contribution < 1.29 is 5.11 Å². The molecule has 0 heterocycles. The summed E-state index contributed by atoms with van der Waals surface area (Å²) in [5.41, 5.74) is 3.70. The lowest BCUT2D eigenvalue weighted by Gasteiger charge is -2.12. The second-order valence-electron chi connectivity index (χ2n) is 13.0. The second-order valence-corrected chi connectivity index (χ2v) is 13.0. The van der Waals surface area contributed by atoms with Gasteiger partial charge in [-0.2, -0.15) is 0 Å². The molecule has 0 aliphatic rings. The van der Waals surface area contributed by atoms with Crippen LogP contribution >= 0.6 is 0 Å². The van der Waals surface area contributed by atoms with E-state index in [9.17, 15) is 5.11 Å². The molecule has 1 rings (SSSR count). The fourth-order valence-corrected chi connectivity index (χ4v) is 6.23. The number of benzene rings is 1. The number of aryl methyl sites for hydroxylation is 3. The summed E-state index contributed by atoms with van der Waals surface area (Å²) in [5, 5.41) is 13.4. The van der Waals surface area contributed by atoms with Gasteiger partial charge >= 0.3 is 0 Å². The number of rotatable bonds is 30. The average Bonchev–Trinajstić information content (AvgIpc) is 2.96. The first kappa shape index (κ1) is 37.0. The van der Waals surface area contributed by atoms with Crippen molar-refractivity contribution in [2.75, 3.05) is 0 Å². The monoisotopic (exact) mass is 556 g/mol. The molecule has 0 amide bonds. The third-order valence-corrected chi connectivity index (χ3v) is 8.97. The molecule has 0 bridgehead atoms. The van der Waals surface area contributed by atoms with Crippen molar-refractivity contribution in [1.82, 2.24) is 0 Å². The average molecular weight is 556 g/mol. The molecular weight excluding hydrogens is 484 g/mol. The Balaban J connectivity index is 2.46. The molecule has 0 aromatic heterocycles. The van der Waals surface area contributed by atoms with Crippen LogP contribution in [-0.2, 0) is 24.4 Å². The number of unbranched alkanes of at least 4 members (excludes halogenated alkanes) is 24. The van der Waals surface area contributed by atoms with Gasteiger partial charge in [-0.3, -0.25) is 5.11 Å². The highest BCUT2D eigenvalue weighted by atomic mass is 16.3. The normalized spacial score (nSPS) is 11.5. The summed E-state index contributed by atoms with van der Waals surface area (Å²) in [6.07, 6.45) is 39.7. The lowest BCUT2D eigenvalue weighted by Crippen LogP contribution is -1.97. The molecule has 0 aliphatic carbocycles. The molecule has 1 aromatic carbocycles. The van der Waals surface area contributed by atoms with Gasteiger partial charge in [0.15, 0.2) is 5.75 Å². The summed E-state index contributed by atoms with van der Waals surface area (Å²) in [6, 6.07) is 4.60. The Hall–Kier alpha value is -0.980. The van der Waals surface area contributed by atoms with Gasteiger partial charge in [0.1, 0.15) is 0 Å². The standard InChI is InChI=1S/C39H71O/c1-4-7-10-13-16-18-20-23-26-29-32-37-34-36(31-28-25-22-15-12-9-6-3)35-38(39(37)40)33-30-27-24-21-19-17-14-11-8-5-2/h34-35H,4-33H2,1-3H3. The van der Waals surface area contributed by atoms with E-state index >= 15 is 0 Å². The Kier molecular flexibility index (Phi) is 26.1.